The second-order valence-electron chi connectivity index (χ2n) is 3.43. The predicted octanol–water partition coefficient (Wildman–Crippen LogP) is 1.00. The molecule has 2 N–H and O–H groups in total. The number of nitrogens with two attached hydrogens (primary N) is 1. The van der Waals surface area contributed by atoms with E-state index in [-0.39, 0.29) is 4.90 Å². The number of rotatable bonds is 0. The average Bonchev–Trinajstić information content (AvgIpc) is 2.29. The van der Waals surface area contributed by atoms with Gasteiger partial charge in [0.1, 0.15) is 10.7 Å². The maximum Gasteiger partial charge on any atom is 0.186 e. The summed E-state index contributed by atoms with van der Waals surface area (Å²) >= 11 is 0. The molecule has 0 fully saturated rings. The van der Waals surface area contributed by atoms with Gasteiger partial charge < -0.3 is 5.73 Å². The zero-order chi connectivity index (χ0) is 10.5. The average molecular weight is 215 g/mol. The maximum absolute atomic E-state index is 13.3. The van der Waals surface area contributed by atoms with Crippen molar-refractivity contribution in [1.82, 2.24) is 0 Å². The van der Waals surface area contributed by atoms with Crippen LogP contribution in [-0.4, -0.2) is 13.7 Å². The van der Waals surface area contributed by atoms with Crippen LogP contribution in [0, 0.1) is 5.82 Å². The second kappa shape index (κ2) is 2.77. The van der Waals surface area contributed by atoms with E-state index in [1.807, 2.05) is 0 Å². The first-order valence-electron chi connectivity index (χ1n) is 4.24. The Bertz CT molecular complexity index is 484. The molecule has 76 valence electrons. The number of fused-ring (bicyclic) bond motifs is 1. The van der Waals surface area contributed by atoms with Crippen molar-refractivity contribution in [2.45, 2.75) is 23.1 Å². The molecule has 1 aromatic carbocycles. The summed E-state index contributed by atoms with van der Waals surface area (Å²) in [6.45, 7) is 1.50. The Morgan fingerprint density at radius 3 is 2.64 bits per heavy atom. The van der Waals surface area contributed by atoms with E-state index in [0.29, 0.717) is 5.56 Å². The molecule has 1 heterocycles. The van der Waals surface area contributed by atoms with Crippen LogP contribution in [0.3, 0.4) is 0 Å². The largest absolute Gasteiger partial charge is 0.323 e. The van der Waals surface area contributed by atoms with E-state index < -0.39 is 26.9 Å². The molecular formula is C9H10FNO2S. The van der Waals surface area contributed by atoms with Gasteiger partial charge in [-0.2, -0.15) is 0 Å². The molecule has 0 bridgehead atoms. The lowest BCUT2D eigenvalue weighted by atomic mass is 10.1. The Hall–Kier alpha value is -0.940. The minimum atomic E-state index is -3.56. The molecule has 2 atom stereocenters. The topological polar surface area (TPSA) is 60.2 Å². The van der Waals surface area contributed by atoms with Crippen molar-refractivity contribution in [2.75, 3.05) is 0 Å². The number of hydrogen-bond donors (Lipinski definition) is 1. The van der Waals surface area contributed by atoms with Gasteiger partial charge >= 0.3 is 0 Å². The Labute approximate surface area is 81.7 Å². The minimum Gasteiger partial charge on any atom is -0.323 e. The maximum atomic E-state index is 13.3. The Balaban J connectivity index is 2.82. The zero-order valence-electron chi connectivity index (χ0n) is 7.57. The van der Waals surface area contributed by atoms with Gasteiger partial charge in [0.2, 0.25) is 0 Å². The minimum absolute atomic E-state index is 0.222. The van der Waals surface area contributed by atoms with E-state index in [0.717, 1.165) is 6.07 Å². The van der Waals surface area contributed by atoms with Gasteiger partial charge in [-0.05, 0) is 18.6 Å². The third kappa shape index (κ3) is 1.02. The predicted molar refractivity (Wildman–Crippen MR) is 50.0 cm³/mol. The number of sulfone groups is 1. The van der Waals surface area contributed by atoms with Crippen LogP contribution in [0.2, 0.25) is 0 Å². The summed E-state index contributed by atoms with van der Waals surface area (Å²) in [6.07, 6.45) is 0. The molecule has 2 unspecified atom stereocenters. The molecule has 0 amide bonds. The first kappa shape index (κ1) is 9.61. The van der Waals surface area contributed by atoms with Crippen LogP contribution in [0.4, 0.5) is 4.39 Å². The quantitative estimate of drug-likeness (QED) is 0.702. The lowest BCUT2D eigenvalue weighted by Gasteiger charge is -2.07. The smallest absolute Gasteiger partial charge is 0.186 e. The summed E-state index contributed by atoms with van der Waals surface area (Å²) in [4.78, 5) is -0.222. The third-order valence-electron chi connectivity index (χ3n) is 2.64. The van der Waals surface area contributed by atoms with Crippen molar-refractivity contribution < 1.29 is 12.8 Å². The molecule has 1 aliphatic rings. The summed E-state index contributed by atoms with van der Waals surface area (Å²) < 4.78 is 36.7. The summed E-state index contributed by atoms with van der Waals surface area (Å²) in [6, 6.07) is 3.55. The highest BCUT2D eigenvalue weighted by atomic mass is 32.2. The SMILES string of the molecule is CC1C(N)c2cccc(F)c2S1(=O)=O. The van der Waals surface area contributed by atoms with Crippen molar-refractivity contribution >= 4 is 9.84 Å². The highest BCUT2D eigenvalue weighted by Crippen LogP contribution is 2.38. The second-order valence-corrected chi connectivity index (χ2v) is 5.68. The molecule has 0 aliphatic carbocycles. The fraction of sp³-hybridized carbons (Fsp3) is 0.333. The molecule has 0 radical (unpaired) electrons. The highest BCUT2D eigenvalue weighted by Gasteiger charge is 2.42. The lowest BCUT2D eigenvalue weighted by Crippen LogP contribution is -2.23. The van der Waals surface area contributed by atoms with Gasteiger partial charge in [0, 0.05) is 6.04 Å². The van der Waals surface area contributed by atoms with E-state index in [2.05, 4.69) is 0 Å². The summed E-state index contributed by atoms with van der Waals surface area (Å²) in [5.74, 6) is -0.706. The van der Waals surface area contributed by atoms with Gasteiger partial charge in [-0.15, -0.1) is 0 Å². The van der Waals surface area contributed by atoms with Gasteiger partial charge in [0.15, 0.2) is 9.84 Å². The molecule has 0 saturated heterocycles. The monoisotopic (exact) mass is 215 g/mol. The Kier molecular flexibility index (Phi) is 1.90. The van der Waals surface area contributed by atoms with Crippen molar-refractivity contribution in [1.29, 1.82) is 0 Å². The number of benzene rings is 1. The van der Waals surface area contributed by atoms with Gasteiger partial charge in [-0.3, -0.25) is 0 Å². The molecule has 2 rings (SSSR count). The van der Waals surface area contributed by atoms with Crippen LogP contribution in [0.25, 0.3) is 0 Å². The van der Waals surface area contributed by atoms with Gasteiger partial charge in [-0.25, -0.2) is 12.8 Å². The molecule has 14 heavy (non-hydrogen) atoms. The van der Waals surface area contributed by atoms with Crippen molar-refractivity contribution in [3.63, 3.8) is 0 Å². The van der Waals surface area contributed by atoms with Crippen LogP contribution in [0.15, 0.2) is 23.1 Å². The number of hydrogen-bond acceptors (Lipinski definition) is 3. The van der Waals surface area contributed by atoms with E-state index >= 15 is 0 Å². The lowest BCUT2D eigenvalue weighted by molar-refractivity contribution is 0.566. The molecule has 3 nitrogen and oxygen atoms in total. The van der Waals surface area contributed by atoms with Crippen LogP contribution in [0.1, 0.15) is 18.5 Å². The van der Waals surface area contributed by atoms with Gasteiger partial charge in [0.05, 0.1) is 5.25 Å². The fourth-order valence-corrected chi connectivity index (χ4v) is 3.50. The van der Waals surface area contributed by atoms with E-state index in [4.69, 9.17) is 5.73 Å². The number of halogens is 1. The summed E-state index contributed by atoms with van der Waals surface area (Å²) in [7, 11) is -3.56. The van der Waals surface area contributed by atoms with Crippen molar-refractivity contribution in [3.05, 3.63) is 29.6 Å². The van der Waals surface area contributed by atoms with E-state index in [1.54, 1.807) is 6.07 Å². The molecule has 1 aromatic rings. The van der Waals surface area contributed by atoms with Crippen molar-refractivity contribution in [2.24, 2.45) is 5.73 Å². The fourth-order valence-electron chi connectivity index (χ4n) is 1.72. The van der Waals surface area contributed by atoms with Crippen molar-refractivity contribution in [3.8, 4) is 0 Å². The third-order valence-corrected chi connectivity index (χ3v) is 4.91. The molecule has 0 spiro atoms. The van der Waals surface area contributed by atoms with Gasteiger partial charge in [0.25, 0.3) is 0 Å². The van der Waals surface area contributed by atoms with Crippen LogP contribution in [0.5, 0.6) is 0 Å². The first-order valence-corrected chi connectivity index (χ1v) is 5.79. The van der Waals surface area contributed by atoms with E-state index in [9.17, 15) is 12.8 Å². The molecular weight excluding hydrogens is 205 g/mol. The summed E-state index contributed by atoms with van der Waals surface area (Å²) in [5, 5.41) is -0.741. The van der Waals surface area contributed by atoms with Crippen LogP contribution in [-0.2, 0) is 9.84 Å². The standard InChI is InChI=1S/C9H10FNO2S/c1-5-8(11)6-3-2-4-7(10)9(6)14(5,12)13/h2-5,8H,11H2,1H3. The van der Waals surface area contributed by atoms with Crippen LogP contribution < -0.4 is 5.73 Å². The Morgan fingerprint density at radius 1 is 1.43 bits per heavy atom. The normalized spacial score (nSPS) is 28.8. The first-order chi connectivity index (χ1) is 6.46. The molecule has 1 aliphatic heterocycles. The van der Waals surface area contributed by atoms with E-state index in [1.165, 1.54) is 13.0 Å². The molecule has 0 saturated carbocycles. The molecule has 5 heteroatoms. The van der Waals surface area contributed by atoms with Crippen LogP contribution >= 0.6 is 0 Å². The molecule has 0 aromatic heterocycles. The Morgan fingerprint density at radius 2 is 2.07 bits per heavy atom. The van der Waals surface area contributed by atoms with Gasteiger partial charge in [-0.1, -0.05) is 12.1 Å². The highest BCUT2D eigenvalue weighted by molar-refractivity contribution is 7.92. The summed E-state index contributed by atoms with van der Waals surface area (Å²) in [5.41, 5.74) is 6.08. The zero-order valence-corrected chi connectivity index (χ0v) is 8.38.